The number of likely N-dealkylation sites (tertiary alicyclic amines) is 1. The van der Waals surface area contributed by atoms with Gasteiger partial charge in [0, 0.05) is 30.6 Å². The predicted octanol–water partition coefficient (Wildman–Crippen LogP) is 1.13. The molecule has 0 aliphatic carbocycles. The van der Waals surface area contributed by atoms with Crippen molar-refractivity contribution in [3.63, 3.8) is 0 Å². The van der Waals surface area contributed by atoms with Crippen LogP contribution in [-0.2, 0) is 14.4 Å². The van der Waals surface area contributed by atoms with E-state index in [1.54, 1.807) is 30.1 Å². The zero-order valence-electron chi connectivity index (χ0n) is 14.9. The Hall–Kier alpha value is -2.55. The number of rotatable bonds is 4. The molecule has 1 saturated heterocycles. The minimum atomic E-state index is -0.827. The molecule has 1 fully saturated rings. The van der Waals surface area contributed by atoms with Crippen LogP contribution in [0.3, 0.4) is 0 Å². The normalized spacial score (nSPS) is 17.1. The lowest BCUT2D eigenvalue weighted by Gasteiger charge is -2.31. The van der Waals surface area contributed by atoms with Gasteiger partial charge in [-0.05, 0) is 31.0 Å². The lowest BCUT2D eigenvalue weighted by molar-refractivity contribution is -0.145. The molecule has 3 amide bonds. The van der Waals surface area contributed by atoms with Gasteiger partial charge in [-0.1, -0.05) is 0 Å². The van der Waals surface area contributed by atoms with Crippen LogP contribution in [0.25, 0.3) is 0 Å². The van der Waals surface area contributed by atoms with Crippen LogP contribution in [0, 0.1) is 5.92 Å². The Morgan fingerprint density at radius 2 is 2.00 bits per heavy atom. The average molecular weight is 391 g/mol. The number of carboxylic acids is 1. The molecule has 1 aromatic carbocycles. The van der Waals surface area contributed by atoms with Crippen molar-refractivity contribution in [1.82, 2.24) is 9.80 Å². The second-order valence-electron chi connectivity index (χ2n) is 6.70. The minimum absolute atomic E-state index is 0.0746. The first-order valence-corrected chi connectivity index (χ1v) is 9.66. The number of anilines is 1. The summed E-state index contributed by atoms with van der Waals surface area (Å²) in [5.74, 6) is -1.49. The van der Waals surface area contributed by atoms with Gasteiger partial charge in [0.15, 0.2) is 0 Å². The molecule has 27 heavy (non-hydrogen) atoms. The van der Waals surface area contributed by atoms with Crippen LogP contribution in [0.1, 0.15) is 23.2 Å². The van der Waals surface area contributed by atoms with Crippen LogP contribution in [-0.4, -0.2) is 71.0 Å². The van der Waals surface area contributed by atoms with Gasteiger partial charge in [-0.3, -0.25) is 19.2 Å². The number of amides is 3. The Bertz CT molecular complexity index is 789. The van der Waals surface area contributed by atoms with E-state index in [0.29, 0.717) is 42.9 Å². The molecule has 9 heteroatoms. The third-order valence-electron chi connectivity index (χ3n) is 4.78. The highest BCUT2D eigenvalue weighted by Gasteiger charge is 2.28. The molecule has 0 bridgehead atoms. The first kappa shape index (κ1) is 19.2. The molecular formula is C18H21N3O5S. The van der Waals surface area contributed by atoms with E-state index < -0.39 is 11.9 Å². The smallest absolute Gasteiger partial charge is 0.306 e. The Morgan fingerprint density at radius 3 is 2.67 bits per heavy atom. The Morgan fingerprint density at radius 1 is 1.30 bits per heavy atom. The van der Waals surface area contributed by atoms with E-state index in [1.165, 1.54) is 16.7 Å². The fraction of sp³-hybridized carbons (Fsp3) is 0.444. The second-order valence-corrected chi connectivity index (χ2v) is 7.72. The maximum atomic E-state index is 12.6. The average Bonchev–Trinajstić information content (AvgIpc) is 2.66. The van der Waals surface area contributed by atoms with Crippen molar-refractivity contribution in [1.29, 1.82) is 0 Å². The molecule has 0 spiro atoms. The lowest BCUT2D eigenvalue weighted by Crippen LogP contribution is -2.45. The monoisotopic (exact) mass is 391 g/mol. The largest absolute Gasteiger partial charge is 0.481 e. The van der Waals surface area contributed by atoms with Gasteiger partial charge in [-0.25, -0.2) is 0 Å². The molecule has 3 rings (SSSR count). The van der Waals surface area contributed by atoms with Gasteiger partial charge in [0.05, 0.1) is 23.9 Å². The summed E-state index contributed by atoms with van der Waals surface area (Å²) in [5, 5.41) is 11.8. The fourth-order valence-electron chi connectivity index (χ4n) is 3.19. The van der Waals surface area contributed by atoms with Gasteiger partial charge in [-0.15, -0.1) is 11.8 Å². The number of aliphatic carboxylic acids is 1. The van der Waals surface area contributed by atoms with Crippen LogP contribution < -0.4 is 5.32 Å². The van der Waals surface area contributed by atoms with Crippen LogP contribution in [0.5, 0.6) is 0 Å². The third kappa shape index (κ3) is 4.41. The zero-order chi connectivity index (χ0) is 19.6. The molecule has 2 heterocycles. The van der Waals surface area contributed by atoms with E-state index in [4.69, 9.17) is 5.11 Å². The van der Waals surface area contributed by atoms with Crippen molar-refractivity contribution < 1.29 is 24.3 Å². The molecule has 0 unspecified atom stereocenters. The number of hydrogen-bond acceptors (Lipinski definition) is 5. The zero-order valence-corrected chi connectivity index (χ0v) is 15.8. The molecular weight excluding hydrogens is 370 g/mol. The van der Waals surface area contributed by atoms with E-state index >= 15 is 0 Å². The van der Waals surface area contributed by atoms with Gasteiger partial charge < -0.3 is 20.2 Å². The van der Waals surface area contributed by atoms with Gasteiger partial charge >= 0.3 is 5.97 Å². The van der Waals surface area contributed by atoms with Crippen molar-refractivity contribution in [2.75, 3.05) is 37.8 Å². The molecule has 2 aliphatic rings. The molecule has 0 aromatic heterocycles. The summed E-state index contributed by atoms with van der Waals surface area (Å²) < 4.78 is 0. The van der Waals surface area contributed by atoms with Crippen molar-refractivity contribution in [2.45, 2.75) is 17.7 Å². The summed E-state index contributed by atoms with van der Waals surface area (Å²) in [6.45, 7) is 0.703. The van der Waals surface area contributed by atoms with Crippen molar-refractivity contribution in [3.8, 4) is 0 Å². The van der Waals surface area contributed by atoms with E-state index in [-0.39, 0.29) is 24.3 Å². The number of benzene rings is 1. The van der Waals surface area contributed by atoms with E-state index in [2.05, 4.69) is 5.32 Å². The van der Waals surface area contributed by atoms with Crippen LogP contribution in [0.4, 0.5) is 5.69 Å². The topological polar surface area (TPSA) is 107 Å². The molecule has 2 N–H and O–H groups in total. The van der Waals surface area contributed by atoms with E-state index in [9.17, 15) is 19.2 Å². The molecule has 1 aromatic rings. The summed E-state index contributed by atoms with van der Waals surface area (Å²) >= 11 is 1.42. The first-order valence-electron chi connectivity index (χ1n) is 8.68. The highest BCUT2D eigenvalue weighted by molar-refractivity contribution is 8.00. The number of fused-ring (bicyclic) bond motifs is 1. The summed E-state index contributed by atoms with van der Waals surface area (Å²) in [5.41, 5.74) is 1.01. The lowest BCUT2D eigenvalue weighted by atomic mass is 9.97. The van der Waals surface area contributed by atoms with Gasteiger partial charge in [0.2, 0.25) is 11.8 Å². The summed E-state index contributed by atoms with van der Waals surface area (Å²) in [6, 6.07) is 5.10. The number of carbonyl (C=O) groups excluding carboxylic acids is 3. The Balaban J connectivity index is 1.59. The van der Waals surface area contributed by atoms with Crippen LogP contribution >= 0.6 is 11.8 Å². The molecule has 0 saturated carbocycles. The maximum absolute atomic E-state index is 12.6. The SMILES string of the molecule is CN(CC(=O)N1CCC(C(=O)O)CC1)C(=O)c1ccc2c(c1)NC(=O)CS2. The number of carbonyl (C=O) groups is 4. The number of nitrogens with zero attached hydrogens (tertiary/aromatic N) is 2. The maximum Gasteiger partial charge on any atom is 0.306 e. The van der Waals surface area contributed by atoms with Gasteiger partial charge in [0.1, 0.15) is 0 Å². The van der Waals surface area contributed by atoms with Crippen molar-refractivity contribution >= 4 is 41.1 Å². The third-order valence-corrected chi connectivity index (χ3v) is 5.85. The molecule has 0 atom stereocenters. The van der Waals surface area contributed by atoms with Gasteiger partial charge in [0.25, 0.3) is 5.91 Å². The standard InChI is InChI=1S/C18H21N3O5S/c1-20(9-16(23)21-6-4-11(5-7-21)18(25)26)17(24)12-2-3-14-13(8-12)19-15(22)10-27-14/h2-3,8,11H,4-7,9-10H2,1H3,(H,19,22)(H,25,26). The highest BCUT2D eigenvalue weighted by Crippen LogP contribution is 2.32. The Kier molecular flexibility index (Phi) is 5.69. The molecule has 0 radical (unpaired) electrons. The number of carboxylic acid groups (broad SMARTS) is 1. The van der Waals surface area contributed by atoms with E-state index in [1.807, 2.05) is 0 Å². The summed E-state index contributed by atoms with van der Waals surface area (Å²) in [6.07, 6.45) is 0.863. The Labute approximate surface area is 160 Å². The molecule has 8 nitrogen and oxygen atoms in total. The highest BCUT2D eigenvalue weighted by atomic mass is 32.2. The summed E-state index contributed by atoms with van der Waals surface area (Å²) in [7, 11) is 1.55. The number of piperidine rings is 1. The quantitative estimate of drug-likeness (QED) is 0.797. The van der Waals surface area contributed by atoms with Gasteiger partial charge in [-0.2, -0.15) is 0 Å². The predicted molar refractivity (Wildman–Crippen MR) is 99.7 cm³/mol. The van der Waals surface area contributed by atoms with Crippen molar-refractivity contribution in [3.05, 3.63) is 23.8 Å². The fourth-order valence-corrected chi connectivity index (χ4v) is 3.98. The van der Waals surface area contributed by atoms with Crippen LogP contribution in [0.15, 0.2) is 23.1 Å². The molecule has 2 aliphatic heterocycles. The van der Waals surface area contributed by atoms with E-state index in [0.717, 1.165) is 4.90 Å². The summed E-state index contributed by atoms with van der Waals surface area (Å²) in [4.78, 5) is 51.4. The number of hydrogen-bond donors (Lipinski definition) is 2. The van der Waals surface area contributed by atoms with Crippen molar-refractivity contribution in [2.24, 2.45) is 5.92 Å². The minimum Gasteiger partial charge on any atom is -0.481 e. The number of thioether (sulfide) groups is 1. The molecule has 144 valence electrons. The number of nitrogens with one attached hydrogen (secondary N) is 1. The number of likely N-dealkylation sites (N-methyl/N-ethyl adjacent to an activating group) is 1. The second kappa shape index (κ2) is 7.99. The first-order chi connectivity index (χ1) is 12.8. The van der Waals surface area contributed by atoms with Crippen LogP contribution in [0.2, 0.25) is 0 Å².